The van der Waals surface area contributed by atoms with Gasteiger partial charge in [0.25, 0.3) is 0 Å². The number of nitrogens with zero attached hydrogens (tertiary/aromatic N) is 3. The summed E-state index contributed by atoms with van der Waals surface area (Å²) in [6, 6.07) is 5.23. The molecule has 0 radical (unpaired) electrons. The highest BCUT2D eigenvalue weighted by Gasteiger charge is 2.07. The lowest BCUT2D eigenvalue weighted by molar-refractivity contribution is 0.417. The summed E-state index contributed by atoms with van der Waals surface area (Å²) in [6.07, 6.45) is 3.26. The molecule has 104 valence electrons. The van der Waals surface area contributed by atoms with Gasteiger partial charge in [0.2, 0.25) is 5.95 Å². The van der Waals surface area contributed by atoms with Crippen molar-refractivity contribution < 1.29 is 4.74 Å². The zero-order chi connectivity index (χ0) is 14.4. The smallest absolute Gasteiger partial charge is 0.249 e. The van der Waals surface area contributed by atoms with E-state index in [1.807, 2.05) is 0 Å². The first-order chi connectivity index (χ1) is 9.72. The number of hydrogen-bond donors (Lipinski definition) is 2. The van der Waals surface area contributed by atoms with Crippen molar-refractivity contribution in [2.75, 3.05) is 24.3 Å². The van der Waals surface area contributed by atoms with Crippen LogP contribution in [0, 0.1) is 0 Å². The van der Waals surface area contributed by atoms with E-state index in [4.69, 9.17) is 16.3 Å². The topological polar surface area (TPSA) is 72.0 Å². The molecule has 0 atom stereocenters. The summed E-state index contributed by atoms with van der Waals surface area (Å²) >= 11 is 5.96. The van der Waals surface area contributed by atoms with E-state index in [0.29, 0.717) is 34.8 Å². The molecule has 20 heavy (non-hydrogen) atoms. The quantitative estimate of drug-likeness (QED) is 0.797. The van der Waals surface area contributed by atoms with Crippen molar-refractivity contribution in [1.82, 2.24) is 15.2 Å². The van der Waals surface area contributed by atoms with E-state index in [1.54, 1.807) is 31.4 Å². The molecule has 1 aromatic heterocycles. The third-order valence-corrected chi connectivity index (χ3v) is 2.63. The highest BCUT2D eigenvalue weighted by atomic mass is 35.5. The normalized spacial score (nSPS) is 9.90. The molecule has 0 fully saturated rings. The average molecular weight is 292 g/mol. The van der Waals surface area contributed by atoms with Crippen LogP contribution in [0.3, 0.4) is 0 Å². The van der Waals surface area contributed by atoms with Crippen molar-refractivity contribution in [2.24, 2.45) is 0 Å². The highest BCUT2D eigenvalue weighted by molar-refractivity contribution is 6.30. The predicted molar refractivity (Wildman–Crippen MR) is 79.8 cm³/mol. The van der Waals surface area contributed by atoms with E-state index >= 15 is 0 Å². The number of aromatic nitrogens is 3. The summed E-state index contributed by atoms with van der Waals surface area (Å²) in [5.41, 5.74) is 0.669. The maximum atomic E-state index is 5.96. The van der Waals surface area contributed by atoms with Gasteiger partial charge in [0, 0.05) is 11.6 Å². The molecule has 0 amide bonds. The number of rotatable bonds is 6. The third kappa shape index (κ3) is 3.58. The molecular formula is C13H14ClN5O. The summed E-state index contributed by atoms with van der Waals surface area (Å²) < 4.78 is 5.24. The van der Waals surface area contributed by atoms with Gasteiger partial charge >= 0.3 is 0 Å². The lowest BCUT2D eigenvalue weighted by Crippen LogP contribution is -2.05. The molecule has 0 aliphatic carbocycles. The molecule has 2 N–H and O–H groups in total. The predicted octanol–water partition coefficient (Wildman–Crippen LogP) is 2.88. The number of hydrogen-bond acceptors (Lipinski definition) is 6. The molecule has 0 bridgehead atoms. The van der Waals surface area contributed by atoms with E-state index in [1.165, 1.54) is 6.20 Å². The molecule has 0 spiro atoms. The Labute approximate surface area is 121 Å². The Kier molecular flexibility index (Phi) is 4.73. The number of benzene rings is 1. The maximum Gasteiger partial charge on any atom is 0.249 e. The van der Waals surface area contributed by atoms with Crippen molar-refractivity contribution >= 4 is 29.1 Å². The molecule has 0 saturated carbocycles. The van der Waals surface area contributed by atoms with Gasteiger partial charge in [-0.15, -0.1) is 11.7 Å². The van der Waals surface area contributed by atoms with Crippen LogP contribution in [0.1, 0.15) is 0 Å². The van der Waals surface area contributed by atoms with E-state index in [0.717, 1.165) is 0 Å². The lowest BCUT2D eigenvalue weighted by Gasteiger charge is -2.10. The van der Waals surface area contributed by atoms with Gasteiger partial charge in [-0.1, -0.05) is 17.7 Å². The second kappa shape index (κ2) is 6.72. The van der Waals surface area contributed by atoms with Crippen molar-refractivity contribution in [3.8, 4) is 5.75 Å². The standard InChI is InChI=1S/C13H14ClN5O/c1-3-6-15-12-8-16-19-13(18-12)17-10-7-9(14)4-5-11(10)20-2/h3-5,7-8H,1,6H2,2H3,(H2,15,17,18,19). The fraction of sp³-hybridized carbons (Fsp3) is 0.154. The fourth-order valence-electron chi connectivity index (χ4n) is 1.52. The molecule has 0 aliphatic heterocycles. The van der Waals surface area contributed by atoms with Crippen LogP contribution in [-0.4, -0.2) is 28.8 Å². The van der Waals surface area contributed by atoms with Crippen LogP contribution < -0.4 is 15.4 Å². The summed E-state index contributed by atoms with van der Waals surface area (Å²) in [5, 5.41) is 14.4. The van der Waals surface area contributed by atoms with Crippen LogP contribution in [-0.2, 0) is 0 Å². The Morgan fingerprint density at radius 3 is 3.05 bits per heavy atom. The number of anilines is 3. The molecular weight excluding hydrogens is 278 g/mol. The van der Waals surface area contributed by atoms with Gasteiger partial charge in [-0.2, -0.15) is 10.1 Å². The van der Waals surface area contributed by atoms with Crippen LogP contribution in [0.5, 0.6) is 5.75 Å². The molecule has 2 rings (SSSR count). The van der Waals surface area contributed by atoms with Crippen molar-refractivity contribution in [3.63, 3.8) is 0 Å². The number of halogens is 1. The molecule has 0 saturated heterocycles. The van der Waals surface area contributed by atoms with Crippen LogP contribution in [0.25, 0.3) is 0 Å². The van der Waals surface area contributed by atoms with Crippen LogP contribution in [0.2, 0.25) is 5.02 Å². The Bertz CT molecular complexity index is 605. The lowest BCUT2D eigenvalue weighted by atomic mass is 10.3. The average Bonchev–Trinajstić information content (AvgIpc) is 2.46. The molecule has 1 heterocycles. The number of methoxy groups -OCH3 is 1. The Balaban J connectivity index is 2.21. The van der Waals surface area contributed by atoms with Gasteiger partial charge in [0.1, 0.15) is 5.75 Å². The molecule has 1 aromatic carbocycles. The first kappa shape index (κ1) is 14.1. The van der Waals surface area contributed by atoms with Gasteiger partial charge in [-0.05, 0) is 18.2 Å². The first-order valence-corrected chi connectivity index (χ1v) is 6.26. The number of ether oxygens (including phenoxy) is 1. The molecule has 6 nitrogen and oxygen atoms in total. The van der Waals surface area contributed by atoms with Crippen molar-refractivity contribution in [1.29, 1.82) is 0 Å². The van der Waals surface area contributed by atoms with Crippen LogP contribution in [0.15, 0.2) is 37.1 Å². The first-order valence-electron chi connectivity index (χ1n) is 5.88. The third-order valence-electron chi connectivity index (χ3n) is 2.39. The summed E-state index contributed by atoms with van der Waals surface area (Å²) in [7, 11) is 1.58. The Hall–Kier alpha value is -2.34. The van der Waals surface area contributed by atoms with Crippen molar-refractivity contribution in [3.05, 3.63) is 42.1 Å². The Morgan fingerprint density at radius 2 is 2.30 bits per heavy atom. The highest BCUT2D eigenvalue weighted by Crippen LogP contribution is 2.29. The van der Waals surface area contributed by atoms with Gasteiger partial charge in [0.15, 0.2) is 5.82 Å². The minimum absolute atomic E-state index is 0.347. The zero-order valence-corrected chi connectivity index (χ0v) is 11.7. The van der Waals surface area contributed by atoms with E-state index in [9.17, 15) is 0 Å². The maximum absolute atomic E-state index is 5.96. The van der Waals surface area contributed by atoms with Gasteiger partial charge in [-0.3, -0.25) is 0 Å². The van der Waals surface area contributed by atoms with E-state index in [2.05, 4.69) is 32.4 Å². The van der Waals surface area contributed by atoms with E-state index < -0.39 is 0 Å². The van der Waals surface area contributed by atoms with Crippen LogP contribution >= 0.6 is 11.6 Å². The fourth-order valence-corrected chi connectivity index (χ4v) is 1.69. The minimum Gasteiger partial charge on any atom is -0.495 e. The number of nitrogens with one attached hydrogen (secondary N) is 2. The van der Waals surface area contributed by atoms with Gasteiger partial charge in [0.05, 0.1) is 19.0 Å². The minimum atomic E-state index is 0.347. The Morgan fingerprint density at radius 1 is 1.45 bits per heavy atom. The molecule has 7 heteroatoms. The zero-order valence-electron chi connectivity index (χ0n) is 10.9. The largest absolute Gasteiger partial charge is 0.495 e. The SMILES string of the molecule is C=CCNc1cnnc(Nc2cc(Cl)ccc2OC)n1. The molecule has 0 unspecified atom stereocenters. The van der Waals surface area contributed by atoms with Gasteiger partial charge in [-0.25, -0.2) is 0 Å². The molecule has 0 aliphatic rings. The molecule has 2 aromatic rings. The van der Waals surface area contributed by atoms with Gasteiger partial charge < -0.3 is 15.4 Å². The second-order valence-electron chi connectivity index (χ2n) is 3.80. The van der Waals surface area contributed by atoms with Crippen molar-refractivity contribution in [2.45, 2.75) is 0 Å². The second-order valence-corrected chi connectivity index (χ2v) is 4.24. The summed E-state index contributed by atoms with van der Waals surface area (Å²) in [6.45, 7) is 4.22. The monoisotopic (exact) mass is 291 g/mol. The summed E-state index contributed by atoms with van der Waals surface area (Å²) in [4.78, 5) is 4.27. The summed E-state index contributed by atoms with van der Waals surface area (Å²) in [5.74, 6) is 1.59. The van der Waals surface area contributed by atoms with Crippen LogP contribution in [0.4, 0.5) is 17.5 Å². The van der Waals surface area contributed by atoms with E-state index in [-0.39, 0.29) is 0 Å².